The number of pyridine rings is 2. The van der Waals surface area contributed by atoms with Gasteiger partial charge in [-0.3, -0.25) is 4.79 Å². The lowest BCUT2D eigenvalue weighted by molar-refractivity contribution is -0.599. The molecule has 0 amide bonds. The predicted octanol–water partition coefficient (Wildman–Crippen LogP) is -0.934. The van der Waals surface area contributed by atoms with E-state index >= 15 is 0 Å². The molecule has 2 heterocycles. The van der Waals surface area contributed by atoms with Crippen molar-refractivity contribution in [1.82, 2.24) is 9.97 Å². The van der Waals surface area contributed by atoms with Crippen LogP contribution in [0.3, 0.4) is 0 Å². The third-order valence-corrected chi connectivity index (χ3v) is 5.75. The van der Waals surface area contributed by atoms with E-state index in [0.29, 0.717) is 14.6 Å². The van der Waals surface area contributed by atoms with Gasteiger partial charge in [-0.15, -0.1) is 0 Å². The summed E-state index contributed by atoms with van der Waals surface area (Å²) >= 11 is -0.719. The van der Waals surface area contributed by atoms with Crippen LogP contribution < -0.4 is 26.8 Å². The number of fused-ring (bicyclic) bond motifs is 1. The molecule has 5 heteroatoms. The Morgan fingerprint density at radius 2 is 1.90 bits per heavy atom. The Morgan fingerprint density at radius 1 is 1.15 bits per heavy atom. The highest BCUT2D eigenvalue weighted by molar-refractivity contribution is 5.81. The average molecular weight is 379 g/mol. The van der Waals surface area contributed by atoms with Gasteiger partial charge in [0.15, 0.2) is 9.32 Å². The fraction of sp³-hybridized carbons (Fsp3) is 0.0667. The lowest BCUT2D eigenvalue weighted by Gasteiger charge is -2.00. The molecular formula is C15H12IN2O2+. The number of hydrogen-bond donors (Lipinski definition) is 2. The number of rotatable bonds is 2. The first-order valence-corrected chi connectivity index (χ1v) is 8.23. The fourth-order valence-corrected chi connectivity index (χ4v) is 4.23. The molecule has 0 unspecified atom stereocenters. The maximum Gasteiger partial charge on any atom is 0.368 e. The van der Waals surface area contributed by atoms with Gasteiger partial charge < -0.3 is 10.1 Å². The molecule has 0 aliphatic carbocycles. The van der Waals surface area contributed by atoms with E-state index in [-0.39, 0.29) is 11.3 Å². The smallest absolute Gasteiger partial charge is 0.368 e. The highest BCUT2D eigenvalue weighted by Crippen LogP contribution is 2.19. The molecule has 2 aromatic heterocycles. The maximum absolute atomic E-state index is 12.1. The van der Waals surface area contributed by atoms with Gasteiger partial charge in [-0.25, -0.2) is 4.98 Å². The minimum atomic E-state index is -0.719. The van der Waals surface area contributed by atoms with Gasteiger partial charge in [0.25, 0.3) is 0 Å². The van der Waals surface area contributed by atoms with Crippen molar-refractivity contribution in [1.29, 1.82) is 0 Å². The second-order valence-corrected chi connectivity index (χ2v) is 7.22. The predicted molar refractivity (Wildman–Crippen MR) is 72.6 cm³/mol. The van der Waals surface area contributed by atoms with Gasteiger partial charge in [-0.2, -0.15) is 0 Å². The molecule has 4 nitrogen and oxygen atoms in total. The normalized spacial score (nSPS) is 10.8. The summed E-state index contributed by atoms with van der Waals surface area (Å²) in [6, 6.07) is 13.4. The number of nitrogens with zero attached hydrogens (tertiary/aromatic N) is 1. The first-order chi connectivity index (χ1) is 9.65. The number of aryl methyl sites for hydroxylation is 1. The van der Waals surface area contributed by atoms with Crippen LogP contribution in [0.5, 0.6) is 5.75 Å². The van der Waals surface area contributed by atoms with Crippen LogP contribution >= 0.6 is 0 Å². The van der Waals surface area contributed by atoms with Crippen molar-refractivity contribution in [3.63, 3.8) is 0 Å². The molecule has 2 N–H and O–H groups in total. The van der Waals surface area contributed by atoms with Crippen molar-refractivity contribution in [2.45, 2.75) is 6.92 Å². The molecular weight excluding hydrogens is 367 g/mol. The zero-order valence-electron chi connectivity index (χ0n) is 10.7. The molecule has 0 saturated carbocycles. The number of nitrogens with one attached hydrogen (secondary N) is 1. The summed E-state index contributed by atoms with van der Waals surface area (Å²) in [5, 5.41) is 10.9. The molecule has 1 aromatic carbocycles. The van der Waals surface area contributed by atoms with Crippen LogP contribution in [0, 0.1) is 14.1 Å². The zero-order valence-corrected chi connectivity index (χ0v) is 12.9. The first-order valence-electron chi connectivity index (χ1n) is 6.07. The largest absolute Gasteiger partial charge is 0.503 e. The van der Waals surface area contributed by atoms with Crippen LogP contribution in [0.4, 0.5) is 0 Å². The summed E-state index contributed by atoms with van der Waals surface area (Å²) in [6.07, 6.45) is 0. The van der Waals surface area contributed by atoms with Gasteiger partial charge >= 0.3 is 30.3 Å². The molecule has 0 fully saturated rings. The van der Waals surface area contributed by atoms with E-state index in [1.165, 1.54) is 0 Å². The summed E-state index contributed by atoms with van der Waals surface area (Å²) in [6.45, 7) is 1.85. The van der Waals surface area contributed by atoms with Gasteiger partial charge in [0.05, 0.1) is 5.39 Å². The summed E-state index contributed by atoms with van der Waals surface area (Å²) in [7, 11) is 0. The van der Waals surface area contributed by atoms with Crippen molar-refractivity contribution in [3.05, 3.63) is 65.7 Å². The Hall–Kier alpha value is -1.89. The van der Waals surface area contributed by atoms with Crippen LogP contribution in [-0.4, -0.2) is 15.1 Å². The van der Waals surface area contributed by atoms with Crippen LogP contribution in [-0.2, 0) is 0 Å². The topological polar surface area (TPSA) is 66.0 Å². The molecule has 0 atom stereocenters. The first kappa shape index (κ1) is 13.1. The standard InChI is InChI=1S/C15H11IN2O2/c1-9-7-8-11-13(19)12(15(20)18-14(11)17-9)16-10-5-3-2-4-6-10/h2-8H,1H3,(H-,17,18,19,20)/p+1. The maximum atomic E-state index is 12.1. The highest BCUT2D eigenvalue weighted by atomic mass is 127. The van der Waals surface area contributed by atoms with Crippen LogP contribution in [0.2, 0.25) is 0 Å². The number of benzene rings is 1. The number of aromatic amines is 1. The Bertz CT molecular complexity index is 828. The van der Waals surface area contributed by atoms with Crippen molar-refractivity contribution < 1.29 is 26.3 Å². The SMILES string of the molecule is Cc1ccc2c(O)c([I+]c3ccccc3)c(=O)[nH]c2n1. The summed E-state index contributed by atoms with van der Waals surface area (Å²) < 4.78 is 1.57. The molecule has 0 spiro atoms. The minimum Gasteiger partial charge on any atom is -0.503 e. The highest BCUT2D eigenvalue weighted by Gasteiger charge is 2.26. The second kappa shape index (κ2) is 5.24. The van der Waals surface area contributed by atoms with Crippen molar-refractivity contribution >= 4 is 11.0 Å². The summed E-state index contributed by atoms with van der Waals surface area (Å²) in [5.74, 6) is 0.0629. The number of aromatic hydroxyl groups is 1. The van der Waals surface area contributed by atoms with Crippen LogP contribution in [0.25, 0.3) is 11.0 Å². The van der Waals surface area contributed by atoms with Gasteiger partial charge in [0.1, 0.15) is 5.65 Å². The zero-order chi connectivity index (χ0) is 14.1. The molecule has 3 aromatic rings. The summed E-state index contributed by atoms with van der Waals surface area (Å²) in [4.78, 5) is 19.1. The van der Waals surface area contributed by atoms with Crippen LogP contribution in [0.15, 0.2) is 47.3 Å². The molecule has 0 aliphatic heterocycles. The monoisotopic (exact) mass is 379 g/mol. The number of halogens is 1. The third-order valence-electron chi connectivity index (χ3n) is 2.87. The van der Waals surface area contributed by atoms with E-state index in [1.807, 2.05) is 43.3 Å². The molecule has 0 radical (unpaired) electrons. The van der Waals surface area contributed by atoms with E-state index in [1.54, 1.807) is 6.07 Å². The van der Waals surface area contributed by atoms with E-state index < -0.39 is 21.2 Å². The Labute approximate surface area is 125 Å². The number of hydrogen-bond acceptors (Lipinski definition) is 3. The lowest BCUT2D eigenvalue weighted by Crippen LogP contribution is -3.62. The minimum absolute atomic E-state index is 0.0629. The molecule has 0 aliphatic rings. The fourth-order valence-electron chi connectivity index (χ4n) is 1.91. The van der Waals surface area contributed by atoms with Crippen LogP contribution in [0.1, 0.15) is 5.69 Å². The summed E-state index contributed by atoms with van der Waals surface area (Å²) in [5.41, 5.74) is 0.996. The molecule has 100 valence electrons. The van der Waals surface area contributed by atoms with E-state index in [9.17, 15) is 9.90 Å². The number of aromatic nitrogens is 2. The molecule has 0 saturated heterocycles. The van der Waals surface area contributed by atoms with Gasteiger partial charge in [-0.1, -0.05) is 18.2 Å². The van der Waals surface area contributed by atoms with Crippen molar-refractivity contribution in [2.75, 3.05) is 0 Å². The van der Waals surface area contributed by atoms with Gasteiger partial charge in [0, 0.05) is 5.69 Å². The van der Waals surface area contributed by atoms with Crippen molar-refractivity contribution in [3.8, 4) is 5.75 Å². The Morgan fingerprint density at radius 3 is 2.65 bits per heavy atom. The van der Waals surface area contributed by atoms with E-state index in [0.717, 1.165) is 9.26 Å². The quantitative estimate of drug-likeness (QED) is 0.566. The lowest BCUT2D eigenvalue weighted by atomic mass is 10.2. The molecule has 20 heavy (non-hydrogen) atoms. The Balaban J connectivity index is 2.16. The average Bonchev–Trinajstić information content (AvgIpc) is 2.44. The number of H-pyrrole nitrogens is 1. The molecule has 0 bridgehead atoms. The Kier molecular flexibility index (Phi) is 3.43. The van der Waals surface area contributed by atoms with Crippen molar-refractivity contribution in [2.24, 2.45) is 0 Å². The second-order valence-electron chi connectivity index (χ2n) is 4.36. The third kappa shape index (κ3) is 2.40. The van der Waals surface area contributed by atoms with Gasteiger partial charge in [0.2, 0.25) is 0 Å². The van der Waals surface area contributed by atoms with E-state index in [2.05, 4.69) is 9.97 Å². The van der Waals surface area contributed by atoms with E-state index in [4.69, 9.17) is 0 Å². The molecule has 3 rings (SSSR count). The van der Waals surface area contributed by atoms with Gasteiger partial charge in [-0.05, 0) is 31.2 Å².